The molecule has 2 rings (SSSR count). The molecule has 0 spiro atoms. The maximum Gasteiger partial charge on any atom is 0.267 e. The van der Waals surface area contributed by atoms with E-state index < -0.39 is 6.04 Å². The fraction of sp³-hybridized carbons (Fsp3) is 0.312. The normalized spacial score (nSPS) is 11.8. The van der Waals surface area contributed by atoms with Crippen LogP contribution in [0, 0.1) is 0 Å². The zero-order valence-corrected chi connectivity index (χ0v) is 13.1. The first kappa shape index (κ1) is 15.8. The van der Waals surface area contributed by atoms with Gasteiger partial charge in [-0.3, -0.25) is 9.59 Å². The van der Waals surface area contributed by atoms with E-state index in [4.69, 9.17) is 4.74 Å². The van der Waals surface area contributed by atoms with Crippen LogP contribution < -0.4 is 10.3 Å². The van der Waals surface area contributed by atoms with E-state index in [1.54, 1.807) is 34.2 Å². The lowest BCUT2D eigenvalue weighted by Crippen LogP contribution is -2.36. The first-order valence-electron chi connectivity index (χ1n) is 6.89. The summed E-state index contributed by atoms with van der Waals surface area (Å²) in [4.78, 5) is 25.5. The molecule has 0 aliphatic carbocycles. The highest BCUT2D eigenvalue weighted by molar-refractivity contribution is 5.79. The Kier molecular flexibility index (Phi) is 4.60. The first-order valence-corrected chi connectivity index (χ1v) is 6.89. The smallest absolute Gasteiger partial charge is 0.267 e. The largest absolute Gasteiger partial charge is 0.497 e. The Labute approximate surface area is 128 Å². The van der Waals surface area contributed by atoms with Gasteiger partial charge in [0.05, 0.1) is 12.8 Å². The van der Waals surface area contributed by atoms with E-state index in [0.717, 1.165) is 11.3 Å². The van der Waals surface area contributed by atoms with Crippen molar-refractivity contribution in [1.82, 2.24) is 14.7 Å². The molecule has 1 unspecified atom stereocenters. The maximum atomic E-state index is 12.0. The summed E-state index contributed by atoms with van der Waals surface area (Å²) in [6.45, 7) is 1.66. The number of hydrogen-bond acceptors (Lipinski definition) is 4. The number of carbonyl (C=O) groups is 1. The third-order valence-electron chi connectivity index (χ3n) is 3.38. The standard InChI is InChI=1S/C16H19N3O3/c1-11(16(21)18(2)3)19-15(20)10-9-14(17-19)12-5-7-13(22-4)8-6-12/h5-11H,1-4H3. The maximum absolute atomic E-state index is 12.0. The van der Waals surface area contributed by atoms with Crippen molar-refractivity contribution in [1.29, 1.82) is 0 Å². The fourth-order valence-electron chi connectivity index (χ4n) is 2.10. The number of benzene rings is 1. The zero-order valence-electron chi connectivity index (χ0n) is 13.1. The summed E-state index contributed by atoms with van der Waals surface area (Å²) in [5.41, 5.74) is 1.17. The number of carbonyl (C=O) groups excluding carboxylic acids is 1. The zero-order chi connectivity index (χ0) is 16.3. The number of hydrogen-bond donors (Lipinski definition) is 0. The fourth-order valence-corrected chi connectivity index (χ4v) is 2.10. The Balaban J connectivity index is 2.41. The van der Waals surface area contributed by atoms with Crippen molar-refractivity contribution in [3.05, 3.63) is 46.8 Å². The van der Waals surface area contributed by atoms with Gasteiger partial charge in [-0.15, -0.1) is 0 Å². The van der Waals surface area contributed by atoms with E-state index >= 15 is 0 Å². The van der Waals surface area contributed by atoms with Crippen LogP contribution >= 0.6 is 0 Å². The molecule has 0 fully saturated rings. The third-order valence-corrected chi connectivity index (χ3v) is 3.38. The minimum atomic E-state index is -0.652. The predicted octanol–water partition coefficient (Wildman–Crippen LogP) is 1.57. The highest BCUT2D eigenvalue weighted by Crippen LogP contribution is 2.20. The van der Waals surface area contributed by atoms with Crippen LogP contribution in [0.4, 0.5) is 0 Å². The lowest BCUT2D eigenvalue weighted by Gasteiger charge is -2.18. The van der Waals surface area contributed by atoms with Crippen molar-refractivity contribution in [2.24, 2.45) is 0 Å². The summed E-state index contributed by atoms with van der Waals surface area (Å²) in [5, 5.41) is 4.32. The molecule has 6 nitrogen and oxygen atoms in total. The summed E-state index contributed by atoms with van der Waals surface area (Å²) in [6.07, 6.45) is 0. The number of aromatic nitrogens is 2. The lowest BCUT2D eigenvalue weighted by atomic mass is 10.1. The van der Waals surface area contributed by atoms with E-state index in [1.165, 1.54) is 15.6 Å². The topological polar surface area (TPSA) is 64.4 Å². The second-order valence-electron chi connectivity index (χ2n) is 5.14. The molecule has 22 heavy (non-hydrogen) atoms. The van der Waals surface area contributed by atoms with E-state index in [2.05, 4.69) is 5.10 Å². The van der Waals surface area contributed by atoms with Crippen molar-refractivity contribution >= 4 is 5.91 Å². The van der Waals surface area contributed by atoms with Gasteiger partial charge in [-0.25, -0.2) is 4.68 Å². The van der Waals surface area contributed by atoms with Gasteiger partial charge < -0.3 is 9.64 Å². The number of nitrogens with zero attached hydrogens (tertiary/aromatic N) is 3. The molecule has 2 aromatic rings. The molecule has 1 aromatic heterocycles. The van der Waals surface area contributed by atoms with Crippen molar-refractivity contribution in [3.8, 4) is 17.0 Å². The van der Waals surface area contributed by atoms with Crippen molar-refractivity contribution < 1.29 is 9.53 Å². The van der Waals surface area contributed by atoms with Crippen molar-refractivity contribution in [2.75, 3.05) is 21.2 Å². The molecule has 1 amide bonds. The van der Waals surface area contributed by atoms with Gasteiger partial charge in [0.25, 0.3) is 5.56 Å². The van der Waals surface area contributed by atoms with Crippen molar-refractivity contribution in [2.45, 2.75) is 13.0 Å². The first-order chi connectivity index (χ1) is 10.4. The third kappa shape index (κ3) is 3.16. The number of likely N-dealkylation sites (N-methyl/N-ethyl adjacent to an activating group) is 1. The molecule has 0 saturated carbocycles. The SMILES string of the molecule is COc1ccc(-c2ccc(=O)n(C(C)C(=O)N(C)C)n2)cc1. The molecule has 0 bridgehead atoms. The van der Waals surface area contributed by atoms with Crippen LogP contribution in [-0.2, 0) is 4.79 Å². The Morgan fingerprint density at radius 1 is 1.18 bits per heavy atom. The highest BCUT2D eigenvalue weighted by Gasteiger charge is 2.19. The summed E-state index contributed by atoms with van der Waals surface area (Å²) < 4.78 is 6.33. The van der Waals surface area contributed by atoms with Gasteiger partial charge in [-0.1, -0.05) is 0 Å². The van der Waals surface area contributed by atoms with Crippen LogP contribution in [-0.4, -0.2) is 41.8 Å². The Bertz CT molecular complexity index is 720. The Morgan fingerprint density at radius 3 is 2.36 bits per heavy atom. The average molecular weight is 301 g/mol. The monoisotopic (exact) mass is 301 g/mol. The lowest BCUT2D eigenvalue weighted by molar-refractivity contribution is -0.132. The minimum absolute atomic E-state index is 0.179. The van der Waals surface area contributed by atoms with E-state index in [9.17, 15) is 9.59 Å². The second kappa shape index (κ2) is 6.43. The molecule has 116 valence electrons. The van der Waals surface area contributed by atoms with Crippen LogP contribution in [0.3, 0.4) is 0 Å². The highest BCUT2D eigenvalue weighted by atomic mass is 16.5. The van der Waals surface area contributed by atoms with Gasteiger partial charge in [0, 0.05) is 25.7 Å². The molecule has 0 aliphatic rings. The second-order valence-corrected chi connectivity index (χ2v) is 5.14. The Morgan fingerprint density at radius 2 is 1.82 bits per heavy atom. The Hall–Kier alpha value is -2.63. The summed E-state index contributed by atoms with van der Waals surface area (Å²) >= 11 is 0. The van der Waals surface area contributed by atoms with Gasteiger partial charge >= 0.3 is 0 Å². The van der Waals surface area contributed by atoms with Crippen LogP contribution in [0.5, 0.6) is 5.75 Å². The van der Waals surface area contributed by atoms with Crippen LogP contribution in [0.2, 0.25) is 0 Å². The summed E-state index contributed by atoms with van der Waals surface area (Å²) in [7, 11) is 4.90. The van der Waals surface area contributed by atoms with Crippen LogP contribution in [0.15, 0.2) is 41.2 Å². The molecule has 0 aliphatic heterocycles. The van der Waals surface area contributed by atoms with Crippen LogP contribution in [0.25, 0.3) is 11.3 Å². The quantitative estimate of drug-likeness (QED) is 0.860. The molecule has 1 heterocycles. The number of rotatable bonds is 4. The molecule has 0 N–H and O–H groups in total. The number of ether oxygens (including phenoxy) is 1. The summed E-state index contributed by atoms with van der Waals surface area (Å²) in [5.74, 6) is 0.565. The number of methoxy groups -OCH3 is 1. The van der Waals surface area contributed by atoms with Crippen LogP contribution in [0.1, 0.15) is 13.0 Å². The molecule has 0 radical (unpaired) electrons. The van der Waals surface area contributed by atoms with E-state index in [1.807, 2.05) is 24.3 Å². The summed E-state index contributed by atoms with van der Waals surface area (Å²) in [6, 6.07) is 9.77. The number of amides is 1. The van der Waals surface area contributed by atoms with Gasteiger partial charge in [0.1, 0.15) is 11.8 Å². The average Bonchev–Trinajstić information content (AvgIpc) is 2.54. The van der Waals surface area contributed by atoms with Gasteiger partial charge in [-0.2, -0.15) is 5.10 Å². The molecular formula is C16H19N3O3. The van der Waals surface area contributed by atoms with Gasteiger partial charge in [0.2, 0.25) is 5.91 Å². The predicted molar refractivity (Wildman–Crippen MR) is 83.9 cm³/mol. The van der Waals surface area contributed by atoms with E-state index in [-0.39, 0.29) is 11.5 Å². The van der Waals surface area contributed by atoms with Gasteiger partial charge in [0.15, 0.2) is 0 Å². The van der Waals surface area contributed by atoms with Gasteiger partial charge in [-0.05, 0) is 37.3 Å². The molecule has 6 heteroatoms. The molecular weight excluding hydrogens is 282 g/mol. The molecule has 0 saturated heterocycles. The molecule has 1 atom stereocenters. The minimum Gasteiger partial charge on any atom is -0.497 e. The van der Waals surface area contributed by atoms with E-state index in [0.29, 0.717) is 5.69 Å². The van der Waals surface area contributed by atoms with Crippen molar-refractivity contribution in [3.63, 3.8) is 0 Å². The molecule has 1 aromatic carbocycles.